The highest BCUT2D eigenvalue weighted by atomic mass is 16.2. The predicted molar refractivity (Wildman–Crippen MR) is 89.3 cm³/mol. The summed E-state index contributed by atoms with van der Waals surface area (Å²) in [5.74, 6) is -1.51. The number of likely N-dealkylation sites (tertiary alicyclic amines) is 1. The summed E-state index contributed by atoms with van der Waals surface area (Å²) in [5, 5.41) is 5.29. The van der Waals surface area contributed by atoms with Gasteiger partial charge in [-0.3, -0.25) is 19.2 Å². The largest absolute Gasteiger partial charge is 0.368 e. The van der Waals surface area contributed by atoms with Crippen molar-refractivity contribution in [2.24, 2.45) is 5.73 Å². The van der Waals surface area contributed by atoms with Gasteiger partial charge in [-0.2, -0.15) is 0 Å². The molecule has 0 aromatic carbocycles. The Morgan fingerprint density at radius 2 is 2.19 bits per heavy atom. The Labute approximate surface area is 149 Å². The number of nitrogens with two attached hydrogens (primary N) is 1. The smallest absolute Gasteiger partial charge is 0.246 e. The molecule has 0 saturated carbocycles. The second-order valence-electron chi connectivity index (χ2n) is 6.59. The van der Waals surface area contributed by atoms with Crippen molar-refractivity contribution in [2.45, 2.75) is 50.2 Å². The number of primary amides is 1. The van der Waals surface area contributed by atoms with Gasteiger partial charge < -0.3 is 26.3 Å². The van der Waals surface area contributed by atoms with E-state index in [4.69, 9.17) is 5.73 Å². The number of amides is 4. The Bertz CT molecular complexity index is 704. The van der Waals surface area contributed by atoms with Gasteiger partial charge in [0.2, 0.25) is 23.6 Å². The van der Waals surface area contributed by atoms with Crippen LogP contribution in [-0.2, 0) is 25.6 Å². The maximum atomic E-state index is 13.0. The maximum Gasteiger partial charge on any atom is 0.246 e. The monoisotopic (exact) mass is 362 g/mol. The quantitative estimate of drug-likeness (QED) is 0.470. The maximum absolute atomic E-state index is 13.0. The molecule has 10 nitrogen and oxygen atoms in total. The first-order valence-electron chi connectivity index (χ1n) is 8.62. The molecule has 1 aromatic rings. The fraction of sp³-hybridized carbons (Fsp3) is 0.562. The third-order valence-corrected chi connectivity index (χ3v) is 4.77. The molecular weight excluding hydrogens is 340 g/mol. The van der Waals surface area contributed by atoms with E-state index in [0.717, 1.165) is 0 Å². The van der Waals surface area contributed by atoms with Gasteiger partial charge in [-0.1, -0.05) is 0 Å². The molecule has 0 unspecified atom stereocenters. The van der Waals surface area contributed by atoms with Gasteiger partial charge in [0.1, 0.15) is 18.1 Å². The van der Waals surface area contributed by atoms with E-state index in [2.05, 4.69) is 20.6 Å². The van der Waals surface area contributed by atoms with Crippen LogP contribution in [0.4, 0.5) is 0 Å². The van der Waals surface area contributed by atoms with Crippen LogP contribution >= 0.6 is 0 Å². The lowest BCUT2D eigenvalue weighted by Gasteiger charge is -2.28. The molecule has 0 aliphatic carbocycles. The van der Waals surface area contributed by atoms with Gasteiger partial charge in [-0.25, -0.2) is 4.98 Å². The molecule has 2 saturated heterocycles. The minimum absolute atomic E-state index is 0.185. The highest BCUT2D eigenvalue weighted by Gasteiger charge is 2.38. The van der Waals surface area contributed by atoms with E-state index >= 15 is 0 Å². The Morgan fingerprint density at radius 1 is 1.38 bits per heavy atom. The van der Waals surface area contributed by atoms with E-state index in [9.17, 15) is 19.2 Å². The van der Waals surface area contributed by atoms with E-state index in [1.807, 2.05) is 0 Å². The van der Waals surface area contributed by atoms with E-state index in [1.165, 1.54) is 11.2 Å². The number of aromatic nitrogens is 2. The summed E-state index contributed by atoms with van der Waals surface area (Å²) in [6, 6.07) is -2.18. The Balaban J connectivity index is 1.74. The highest BCUT2D eigenvalue weighted by molar-refractivity contribution is 5.95. The molecule has 2 aliphatic heterocycles. The lowest BCUT2D eigenvalue weighted by Crippen LogP contribution is -2.56. The minimum atomic E-state index is -0.875. The van der Waals surface area contributed by atoms with Gasteiger partial charge in [-0.15, -0.1) is 0 Å². The normalized spacial score (nSPS) is 23.5. The van der Waals surface area contributed by atoms with Gasteiger partial charge in [0, 0.05) is 31.3 Å². The first-order valence-corrected chi connectivity index (χ1v) is 8.62. The molecule has 2 aliphatic rings. The molecule has 140 valence electrons. The molecule has 3 atom stereocenters. The van der Waals surface area contributed by atoms with Crippen LogP contribution in [0.15, 0.2) is 12.5 Å². The number of hydrogen-bond donors (Lipinski definition) is 4. The Morgan fingerprint density at radius 3 is 2.81 bits per heavy atom. The first kappa shape index (κ1) is 17.9. The summed E-state index contributed by atoms with van der Waals surface area (Å²) in [7, 11) is 0. The van der Waals surface area contributed by atoms with Crippen LogP contribution < -0.4 is 16.4 Å². The second-order valence-corrected chi connectivity index (χ2v) is 6.59. The summed E-state index contributed by atoms with van der Waals surface area (Å²) in [4.78, 5) is 56.6. The van der Waals surface area contributed by atoms with Crippen LogP contribution in [0, 0.1) is 0 Å². The SMILES string of the molecule is NC(=O)[C@H]1CCCN1C(=O)[C@H](Cc1cnc[nH]1)NC(=O)[C@@H]1CCC(=O)N1. The number of rotatable bonds is 6. The van der Waals surface area contributed by atoms with Crippen molar-refractivity contribution in [3.05, 3.63) is 18.2 Å². The van der Waals surface area contributed by atoms with Gasteiger partial charge in [0.15, 0.2) is 0 Å². The first-order chi connectivity index (χ1) is 12.5. The van der Waals surface area contributed by atoms with E-state index in [1.54, 1.807) is 6.20 Å². The predicted octanol–water partition coefficient (Wildman–Crippen LogP) is -1.81. The number of carbonyl (C=O) groups excluding carboxylic acids is 4. The van der Waals surface area contributed by atoms with Gasteiger partial charge in [0.25, 0.3) is 0 Å². The summed E-state index contributed by atoms with van der Waals surface area (Å²) in [5.41, 5.74) is 6.07. The summed E-state index contributed by atoms with van der Waals surface area (Å²) in [6.07, 6.45) is 5.13. The van der Waals surface area contributed by atoms with E-state index in [0.29, 0.717) is 31.5 Å². The van der Waals surface area contributed by atoms with Crippen molar-refractivity contribution in [1.82, 2.24) is 25.5 Å². The van der Waals surface area contributed by atoms with Crippen LogP contribution in [0.5, 0.6) is 0 Å². The number of hydrogen-bond acceptors (Lipinski definition) is 5. The minimum Gasteiger partial charge on any atom is -0.368 e. The zero-order valence-corrected chi connectivity index (χ0v) is 14.2. The third kappa shape index (κ3) is 3.84. The highest BCUT2D eigenvalue weighted by Crippen LogP contribution is 2.19. The van der Waals surface area contributed by atoms with Crippen LogP contribution in [0.25, 0.3) is 0 Å². The van der Waals surface area contributed by atoms with Crippen LogP contribution in [-0.4, -0.2) is 63.2 Å². The summed E-state index contributed by atoms with van der Waals surface area (Å²) < 4.78 is 0. The number of carbonyl (C=O) groups is 4. The zero-order valence-electron chi connectivity index (χ0n) is 14.2. The third-order valence-electron chi connectivity index (χ3n) is 4.77. The number of aromatic amines is 1. The van der Waals surface area contributed by atoms with Crippen LogP contribution in [0.3, 0.4) is 0 Å². The summed E-state index contributed by atoms with van der Waals surface area (Å²) >= 11 is 0. The molecular formula is C16H22N6O4. The molecule has 5 N–H and O–H groups in total. The molecule has 0 bridgehead atoms. The fourth-order valence-corrected chi connectivity index (χ4v) is 3.43. The molecule has 4 amide bonds. The van der Waals surface area contributed by atoms with Crippen molar-refractivity contribution in [1.29, 1.82) is 0 Å². The zero-order chi connectivity index (χ0) is 18.7. The molecule has 0 spiro atoms. The number of nitrogens with one attached hydrogen (secondary N) is 3. The summed E-state index contributed by atoms with van der Waals surface area (Å²) in [6.45, 7) is 0.419. The second kappa shape index (κ2) is 7.54. The lowest BCUT2D eigenvalue weighted by molar-refractivity contribution is -0.140. The van der Waals surface area contributed by atoms with Crippen LogP contribution in [0.1, 0.15) is 31.4 Å². The molecule has 26 heavy (non-hydrogen) atoms. The van der Waals surface area contributed by atoms with Crippen molar-refractivity contribution in [3.63, 3.8) is 0 Å². The Kier molecular flexibility index (Phi) is 5.19. The molecule has 1 aromatic heterocycles. The van der Waals surface area contributed by atoms with Gasteiger partial charge in [0.05, 0.1) is 6.33 Å². The molecule has 10 heteroatoms. The molecule has 3 heterocycles. The van der Waals surface area contributed by atoms with E-state index in [-0.39, 0.29) is 24.7 Å². The fourth-order valence-electron chi connectivity index (χ4n) is 3.43. The Hall–Kier alpha value is -2.91. The molecule has 0 radical (unpaired) electrons. The lowest BCUT2D eigenvalue weighted by atomic mass is 10.1. The molecule has 3 rings (SSSR count). The van der Waals surface area contributed by atoms with E-state index < -0.39 is 29.9 Å². The van der Waals surface area contributed by atoms with Crippen molar-refractivity contribution in [2.75, 3.05) is 6.54 Å². The van der Waals surface area contributed by atoms with Crippen molar-refractivity contribution >= 4 is 23.6 Å². The van der Waals surface area contributed by atoms with Crippen molar-refractivity contribution < 1.29 is 19.2 Å². The topological polar surface area (TPSA) is 150 Å². The van der Waals surface area contributed by atoms with Crippen LogP contribution in [0.2, 0.25) is 0 Å². The number of nitrogens with zero attached hydrogens (tertiary/aromatic N) is 2. The van der Waals surface area contributed by atoms with Gasteiger partial charge >= 0.3 is 0 Å². The standard InChI is InChI=1S/C16H22N6O4/c17-14(24)12-2-1-5-22(12)16(26)11(6-9-7-18-8-19-9)21-15(25)10-3-4-13(23)20-10/h7-8,10-12H,1-6H2,(H2,17,24)(H,18,19)(H,20,23)(H,21,25)/t10-,11-,12+/m0/s1. The average molecular weight is 362 g/mol. The number of H-pyrrole nitrogens is 1. The number of imidazole rings is 1. The van der Waals surface area contributed by atoms with Gasteiger partial charge in [-0.05, 0) is 19.3 Å². The molecule has 2 fully saturated rings. The van der Waals surface area contributed by atoms with Crippen molar-refractivity contribution in [3.8, 4) is 0 Å². The average Bonchev–Trinajstić information content (AvgIpc) is 3.34.